The summed E-state index contributed by atoms with van der Waals surface area (Å²) in [7, 11) is 1.44. The van der Waals surface area contributed by atoms with Crippen molar-refractivity contribution < 1.29 is 23.1 Å². The first-order chi connectivity index (χ1) is 8.84. The van der Waals surface area contributed by atoms with Gasteiger partial charge in [0.05, 0.1) is 25.4 Å². The molecule has 0 saturated carbocycles. The van der Waals surface area contributed by atoms with Gasteiger partial charge in [-0.05, 0) is 19.1 Å². The number of hydrogen-bond donors (Lipinski definition) is 1. The van der Waals surface area contributed by atoms with E-state index in [0.717, 1.165) is 18.3 Å². The summed E-state index contributed by atoms with van der Waals surface area (Å²) in [5, 5.41) is 11.5. The van der Waals surface area contributed by atoms with Crippen LogP contribution in [-0.2, 0) is 11.0 Å². The van der Waals surface area contributed by atoms with Crippen molar-refractivity contribution in [1.82, 2.24) is 10.0 Å². The Balaban J connectivity index is 2.28. The van der Waals surface area contributed by atoms with Gasteiger partial charge in [-0.25, -0.2) is 4.98 Å². The van der Waals surface area contributed by atoms with E-state index in [4.69, 9.17) is 4.84 Å². The second-order valence-corrected chi connectivity index (χ2v) is 4.27. The van der Waals surface area contributed by atoms with Gasteiger partial charge in [0.1, 0.15) is 12.0 Å². The fourth-order valence-electron chi connectivity index (χ4n) is 1.96. The van der Waals surface area contributed by atoms with E-state index in [9.17, 15) is 18.3 Å². The Bertz CT molecular complexity index is 455. The van der Waals surface area contributed by atoms with Crippen LogP contribution in [0.25, 0.3) is 0 Å². The quantitative estimate of drug-likeness (QED) is 0.886. The van der Waals surface area contributed by atoms with Crippen molar-refractivity contribution >= 4 is 5.82 Å². The summed E-state index contributed by atoms with van der Waals surface area (Å²) >= 11 is 0. The lowest BCUT2D eigenvalue weighted by Gasteiger charge is -2.21. The van der Waals surface area contributed by atoms with Crippen LogP contribution in [0.5, 0.6) is 0 Å². The number of hydrogen-bond acceptors (Lipinski definition) is 5. The number of pyridine rings is 1. The number of aliphatic hydroxyl groups excluding tert-OH is 1. The smallest absolute Gasteiger partial charge is 0.372 e. The Morgan fingerprint density at radius 3 is 2.68 bits per heavy atom. The summed E-state index contributed by atoms with van der Waals surface area (Å²) in [4.78, 5) is 10.2. The lowest BCUT2D eigenvalue weighted by atomic mass is 10.2. The molecule has 1 fully saturated rings. The first-order valence-corrected chi connectivity index (χ1v) is 5.63. The van der Waals surface area contributed by atoms with Crippen molar-refractivity contribution in [2.24, 2.45) is 0 Å². The normalized spacial score (nSPS) is 25.1. The molecule has 19 heavy (non-hydrogen) atoms. The predicted molar refractivity (Wildman–Crippen MR) is 60.9 cm³/mol. The topological polar surface area (TPSA) is 48.8 Å². The molecule has 0 aliphatic carbocycles. The van der Waals surface area contributed by atoms with Crippen LogP contribution >= 0.6 is 0 Å². The first-order valence-electron chi connectivity index (χ1n) is 5.63. The first kappa shape index (κ1) is 14.0. The molecule has 1 aliphatic rings. The Morgan fingerprint density at radius 1 is 1.47 bits per heavy atom. The highest BCUT2D eigenvalue weighted by atomic mass is 19.4. The number of nitrogens with zero attached hydrogens (tertiary/aromatic N) is 3. The van der Waals surface area contributed by atoms with Gasteiger partial charge < -0.3 is 14.8 Å². The second kappa shape index (κ2) is 4.95. The van der Waals surface area contributed by atoms with Crippen molar-refractivity contribution in [2.75, 3.05) is 18.7 Å². The third-order valence-corrected chi connectivity index (χ3v) is 3.10. The molecule has 1 unspecified atom stereocenters. The molecule has 106 valence electrons. The Labute approximate surface area is 108 Å². The highest BCUT2D eigenvalue weighted by Crippen LogP contribution is 2.32. The van der Waals surface area contributed by atoms with E-state index in [2.05, 4.69) is 4.98 Å². The van der Waals surface area contributed by atoms with Crippen molar-refractivity contribution in [3.63, 3.8) is 0 Å². The zero-order valence-electron chi connectivity index (χ0n) is 10.4. The lowest BCUT2D eigenvalue weighted by Crippen LogP contribution is -2.35. The highest BCUT2D eigenvalue weighted by Gasteiger charge is 2.38. The number of aliphatic hydroxyl groups is 1. The molecule has 0 amide bonds. The van der Waals surface area contributed by atoms with Crippen molar-refractivity contribution in [3.8, 4) is 0 Å². The average molecular weight is 277 g/mol. The van der Waals surface area contributed by atoms with Crippen LogP contribution in [0.15, 0.2) is 18.3 Å². The van der Waals surface area contributed by atoms with Crippen LogP contribution in [0.3, 0.4) is 0 Å². The zero-order valence-corrected chi connectivity index (χ0v) is 10.4. The monoisotopic (exact) mass is 277 g/mol. The van der Waals surface area contributed by atoms with Crippen LogP contribution in [0, 0.1) is 0 Å². The highest BCUT2D eigenvalue weighted by molar-refractivity contribution is 5.43. The molecular weight excluding hydrogens is 263 g/mol. The van der Waals surface area contributed by atoms with Gasteiger partial charge in [0.25, 0.3) is 0 Å². The molecule has 2 atom stereocenters. The third-order valence-electron chi connectivity index (χ3n) is 3.10. The number of anilines is 1. The molecule has 0 radical (unpaired) electrons. The summed E-state index contributed by atoms with van der Waals surface area (Å²) in [6.45, 7) is 1.86. The largest absolute Gasteiger partial charge is 0.416 e. The van der Waals surface area contributed by atoms with Gasteiger partial charge in [-0.2, -0.15) is 18.2 Å². The maximum atomic E-state index is 12.6. The van der Waals surface area contributed by atoms with Crippen LogP contribution < -0.4 is 4.90 Å². The van der Waals surface area contributed by atoms with Crippen molar-refractivity contribution in [1.29, 1.82) is 0 Å². The van der Waals surface area contributed by atoms with E-state index in [0.29, 0.717) is 0 Å². The summed E-state index contributed by atoms with van der Waals surface area (Å²) in [6.07, 6.45) is -4.34. The Morgan fingerprint density at radius 2 is 2.16 bits per heavy atom. The minimum absolute atomic E-state index is 0.0636. The van der Waals surface area contributed by atoms with Crippen molar-refractivity contribution in [2.45, 2.75) is 25.4 Å². The number of hydroxylamine groups is 2. The Hall–Kier alpha value is -1.38. The molecule has 0 spiro atoms. The van der Waals surface area contributed by atoms with Crippen molar-refractivity contribution in [3.05, 3.63) is 23.9 Å². The van der Waals surface area contributed by atoms with Gasteiger partial charge >= 0.3 is 6.18 Å². The van der Waals surface area contributed by atoms with Gasteiger partial charge in [0.2, 0.25) is 0 Å². The predicted octanol–water partition coefficient (Wildman–Crippen LogP) is 1.45. The molecule has 1 N–H and O–H groups in total. The molecule has 1 aromatic rings. The third kappa shape index (κ3) is 2.65. The number of halogens is 3. The lowest BCUT2D eigenvalue weighted by molar-refractivity contribution is -0.146. The number of aromatic nitrogens is 1. The number of rotatable bonds is 2. The van der Waals surface area contributed by atoms with Gasteiger partial charge in [0.15, 0.2) is 0 Å². The van der Waals surface area contributed by atoms with Gasteiger partial charge in [-0.15, -0.1) is 0 Å². The molecule has 2 heterocycles. The van der Waals surface area contributed by atoms with Crippen LogP contribution in [0.4, 0.5) is 19.0 Å². The molecule has 1 aromatic heterocycles. The SMILES string of the molecule is CON1CN(c2cc(C(F)(F)F)ccn2)C(O)[C@@H]1C. The minimum atomic E-state index is -4.44. The van der Waals surface area contributed by atoms with Crippen LogP contribution in [0.1, 0.15) is 12.5 Å². The molecule has 1 aliphatic heterocycles. The van der Waals surface area contributed by atoms with E-state index < -0.39 is 18.0 Å². The van der Waals surface area contributed by atoms with E-state index in [1.807, 2.05) is 0 Å². The van der Waals surface area contributed by atoms with E-state index in [1.54, 1.807) is 6.92 Å². The minimum Gasteiger partial charge on any atom is -0.372 e. The maximum absolute atomic E-state index is 12.6. The zero-order chi connectivity index (χ0) is 14.2. The molecular formula is C11H14F3N3O2. The fraction of sp³-hybridized carbons (Fsp3) is 0.545. The standard InChI is InChI=1S/C11H14F3N3O2/c1-7-10(18)16(6-17(7)19-2)9-5-8(3-4-15-9)11(12,13)14/h3-5,7,10,18H,6H2,1-2H3/t7-,10?/m0/s1. The molecule has 2 rings (SSSR count). The van der Waals surface area contributed by atoms with E-state index >= 15 is 0 Å². The molecule has 1 saturated heterocycles. The average Bonchev–Trinajstić information content (AvgIpc) is 2.65. The molecule has 0 bridgehead atoms. The second-order valence-electron chi connectivity index (χ2n) is 4.27. The summed E-state index contributed by atoms with van der Waals surface area (Å²) in [5.74, 6) is 0.0636. The summed E-state index contributed by atoms with van der Waals surface area (Å²) in [5.41, 5.74) is -0.798. The summed E-state index contributed by atoms with van der Waals surface area (Å²) in [6, 6.07) is 1.44. The molecule has 0 aromatic carbocycles. The van der Waals surface area contributed by atoms with E-state index in [1.165, 1.54) is 17.1 Å². The van der Waals surface area contributed by atoms with E-state index in [-0.39, 0.29) is 18.5 Å². The molecule has 5 nitrogen and oxygen atoms in total. The number of alkyl halides is 3. The molecule has 8 heteroatoms. The van der Waals surface area contributed by atoms with Gasteiger partial charge in [0, 0.05) is 6.20 Å². The fourth-order valence-corrected chi connectivity index (χ4v) is 1.96. The maximum Gasteiger partial charge on any atom is 0.416 e. The van der Waals surface area contributed by atoms with Gasteiger partial charge in [-0.3, -0.25) is 0 Å². The van der Waals surface area contributed by atoms with Crippen LogP contribution in [0.2, 0.25) is 0 Å². The van der Waals surface area contributed by atoms with Gasteiger partial charge in [-0.1, -0.05) is 0 Å². The summed E-state index contributed by atoms with van der Waals surface area (Å²) < 4.78 is 37.9. The van der Waals surface area contributed by atoms with Crippen LogP contribution in [-0.4, -0.2) is 41.2 Å². The Kier molecular flexibility index (Phi) is 3.66.